The third kappa shape index (κ3) is 9.52. The fourth-order valence-electron chi connectivity index (χ4n) is 16.2. The van der Waals surface area contributed by atoms with Gasteiger partial charge in [-0.25, -0.2) is 0 Å². The molecule has 0 amide bonds. The molecule has 29 atom stereocenters. The number of carbonyl (C=O) groups excluding carboxylic acids is 1. The van der Waals surface area contributed by atoms with Crippen molar-refractivity contribution in [2.45, 2.75) is 228 Å². The number of ether oxygens (including phenoxy) is 8. The van der Waals surface area contributed by atoms with Crippen LogP contribution in [-0.4, -0.2) is 244 Å². The first kappa shape index (κ1) is 60.4. The normalized spacial score (nSPS) is 54.1. The number of aliphatic hydroxyl groups is 14. The Kier molecular flexibility index (Phi) is 16.9. The molecule has 9 rings (SSSR count). The Balaban J connectivity index is 1.01. The largest absolute Gasteiger partial charge is 0.481 e. The highest BCUT2D eigenvalue weighted by Crippen LogP contribution is 2.76. The lowest BCUT2D eigenvalue weighted by Gasteiger charge is -2.71. The topological polar surface area (TPSA) is 411 Å². The van der Waals surface area contributed by atoms with Crippen molar-refractivity contribution in [3.8, 4) is 0 Å². The summed E-state index contributed by atoms with van der Waals surface area (Å²) in [4.78, 5) is 29.1. The number of aliphatic hydroxyl groups excluding tert-OH is 14. The molecule has 4 aliphatic heterocycles. The van der Waals surface area contributed by atoms with Gasteiger partial charge < -0.3 is 114 Å². The highest BCUT2D eigenvalue weighted by Gasteiger charge is 2.73. The second-order valence-corrected chi connectivity index (χ2v) is 25.7. The molecule has 9 aliphatic rings. The summed E-state index contributed by atoms with van der Waals surface area (Å²) in [6.07, 6.45) is -30.1. The minimum Gasteiger partial charge on any atom is -0.481 e. The van der Waals surface area contributed by atoms with Gasteiger partial charge in [-0.2, -0.15) is 0 Å². The zero-order valence-corrected chi connectivity index (χ0v) is 44.9. The third-order valence-electron chi connectivity index (χ3n) is 21.2. The molecule has 25 heteroatoms. The lowest BCUT2D eigenvalue weighted by atomic mass is 9.33. The first-order chi connectivity index (χ1) is 36.5. The van der Waals surface area contributed by atoms with Crippen molar-refractivity contribution in [2.24, 2.45) is 50.2 Å². The van der Waals surface area contributed by atoms with E-state index in [0.29, 0.717) is 38.5 Å². The number of hydrogen-bond donors (Lipinski definition) is 15. The van der Waals surface area contributed by atoms with Crippen molar-refractivity contribution in [1.29, 1.82) is 0 Å². The first-order valence-corrected chi connectivity index (χ1v) is 27.5. The Hall–Kier alpha value is -2.16. The van der Waals surface area contributed by atoms with Crippen molar-refractivity contribution < 1.29 is 124 Å². The van der Waals surface area contributed by atoms with Gasteiger partial charge in [0.05, 0.1) is 44.1 Å². The van der Waals surface area contributed by atoms with Gasteiger partial charge in [0.15, 0.2) is 18.9 Å². The molecule has 15 N–H and O–H groups in total. The van der Waals surface area contributed by atoms with E-state index in [0.717, 1.165) is 5.57 Å². The van der Waals surface area contributed by atoms with Crippen molar-refractivity contribution in [2.75, 3.05) is 26.4 Å². The molecule has 0 aromatic carbocycles. The van der Waals surface area contributed by atoms with E-state index in [1.807, 2.05) is 0 Å². The van der Waals surface area contributed by atoms with E-state index in [9.17, 15) is 81.4 Å². The molecule has 0 unspecified atom stereocenters. The molecular formula is C53H84O25. The highest BCUT2D eigenvalue weighted by molar-refractivity contribution is 5.80. The van der Waals surface area contributed by atoms with Crippen LogP contribution in [0.2, 0.25) is 0 Å². The highest BCUT2D eigenvalue weighted by atomic mass is 16.8. The average molecular weight is 1120 g/mol. The van der Waals surface area contributed by atoms with E-state index in [2.05, 4.69) is 40.7 Å². The molecule has 0 aromatic heterocycles. The van der Waals surface area contributed by atoms with Crippen LogP contribution in [0.3, 0.4) is 0 Å². The molecule has 0 spiro atoms. The quantitative estimate of drug-likeness (QED) is 0.0515. The van der Waals surface area contributed by atoms with Gasteiger partial charge >= 0.3 is 11.9 Å². The summed E-state index contributed by atoms with van der Waals surface area (Å²) in [5.74, 6) is -3.25. The van der Waals surface area contributed by atoms with E-state index >= 15 is 4.79 Å². The van der Waals surface area contributed by atoms with E-state index in [-0.39, 0.29) is 37.2 Å². The third-order valence-corrected chi connectivity index (χ3v) is 21.2. The number of carboxylic acids is 1. The van der Waals surface area contributed by atoms with Crippen LogP contribution in [0, 0.1) is 50.2 Å². The zero-order chi connectivity index (χ0) is 57.1. The van der Waals surface area contributed by atoms with Gasteiger partial charge in [0, 0.05) is 0 Å². The van der Waals surface area contributed by atoms with Gasteiger partial charge in [0.2, 0.25) is 6.29 Å². The lowest BCUT2D eigenvalue weighted by molar-refractivity contribution is -0.363. The van der Waals surface area contributed by atoms with Crippen LogP contribution in [0.5, 0.6) is 0 Å². The number of aliphatic carboxylic acids is 1. The number of allylic oxidation sites excluding steroid dienone is 2. The summed E-state index contributed by atoms with van der Waals surface area (Å²) in [5, 5.41) is 162. The Bertz CT molecular complexity index is 2200. The molecule has 4 heterocycles. The van der Waals surface area contributed by atoms with E-state index in [1.54, 1.807) is 6.92 Å². The van der Waals surface area contributed by atoms with E-state index < -0.39 is 200 Å². The fourth-order valence-corrected chi connectivity index (χ4v) is 16.2. The number of hydrogen-bond acceptors (Lipinski definition) is 24. The summed E-state index contributed by atoms with van der Waals surface area (Å²) in [6.45, 7) is 9.53. The maximum atomic E-state index is 15.5. The Morgan fingerprint density at radius 3 is 1.85 bits per heavy atom. The van der Waals surface area contributed by atoms with Crippen molar-refractivity contribution in [3.05, 3.63) is 11.6 Å². The summed E-state index contributed by atoms with van der Waals surface area (Å²) in [6, 6.07) is 0. The van der Waals surface area contributed by atoms with Gasteiger partial charge in [0.1, 0.15) is 97.0 Å². The average Bonchev–Trinajstić information content (AvgIpc) is 2.95. The van der Waals surface area contributed by atoms with Crippen molar-refractivity contribution in [1.82, 2.24) is 0 Å². The van der Waals surface area contributed by atoms with Gasteiger partial charge in [0.25, 0.3) is 0 Å². The van der Waals surface area contributed by atoms with Crippen molar-refractivity contribution >= 4 is 11.9 Å². The predicted octanol–water partition coefficient (Wildman–Crippen LogP) is -3.36. The zero-order valence-electron chi connectivity index (χ0n) is 44.9. The number of esters is 1. The van der Waals surface area contributed by atoms with Crippen molar-refractivity contribution in [3.63, 3.8) is 0 Å². The molecule has 5 aliphatic carbocycles. The maximum absolute atomic E-state index is 15.5. The Morgan fingerprint density at radius 2 is 1.22 bits per heavy atom. The SMILES string of the molecule is CC1(C)CC[C@]2(C(=O)O[C@@H]3O[C@H](CO[C@@H]4O[C@H](CO)[C@@H](O)[C@H](O)[C@H]4O)[C@@H](O)[C@H](O[C@@H]4O[C@H](CO)[C@@H](O)[C@H](O)[C@H]4O)[C@H]3O)[C@H](O)C[C@]3(C)C(=CC[C@@H]4[C@@]5(C)CC[C@H](O[C@@H]6OC[C@@H](O)[C@H](O)[C@H]6O)[C@@](C)(C(=O)O)[C@@H]5CC[C@]43C)[C@@H]2C1. The summed E-state index contributed by atoms with van der Waals surface area (Å²) >= 11 is 0. The molecular weight excluding hydrogens is 1040 g/mol. The molecule has 4 saturated heterocycles. The smallest absolute Gasteiger partial charge is 0.317 e. The monoisotopic (exact) mass is 1120 g/mol. The molecule has 0 radical (unpaired) electrons. The predicted molar refractivity (Wildman–Crippen MR) is 260 cm³/mol. The second kappa shape index (κ2) is 21.8. The minimum atomic E-state index is -2.11. The van der Waals surface area contributed by atoms with E-state index in [1.165, 1.54) is 0 Å². The molecule has 0 bridgehead atoms. The van der Waals surface area contributed by atoms with Crippen LogP contribution < -0.4 is 0 Å². The molecule has 0 aromatic rings. The van der Waals surface area contributed by atoms with E-state index in [4.69, 9.17) is 37.9 Å². The molecule has 4 saturated carbocycles. The van der Waals surface area contributed by atoms with Crippen LogP contribution in [-0.2, 0) is 47.5 Å². The molecule has 8 fully saturated rings. The van der Waals surface area contributed by atoms with Gasteiger partial charge in [-0.3, -0.25) is 9.59 Å². The maximum Gasteiger partial charge on any atom is 0.317 e. The summed E-state index contributed by atoms with van der Waals surface area (Å²) < 4.78 is 46.8. The molecule has 446 valence electrons. The van der Waals surface area contributed by atoms with Crippen LogP contribution in [0.15, 0.2) is 11.6 Å². The van der Waals surface area contributed by atoms with Crippen LogP contribution >= 0.6 is 0 Å². The summed E-state index contributed by atoms with van der Waals surface area (Å²) in [5.41, 5.74) is -4.48. The van der Waals surface area contributed by atoms with Gasteiger partial charge in [-0.15, -0.1) is 0 Å². The number of carbonyl (C=O) groups is 2. The summed E-state index contributed by atoms with van der Waals surface area (Å²) in [7, 11) is 0. The number of fused-ring (bicyclic) bond motifs is 7. The van der Waals surface area contributed by atoms with Crippen LogP contribution in [0.4, 0.5) is 0 Å². The van der Waals surface area contributed by atoms with Crippen LogP contribution in [0.1, 0.15) is 99.3 Å². The van der Waals surface area contributed by atoms with Gasteiger partial charge in [-0.1, -0.05) is 46.3 Å². The Morgan fingerprint density at radius 1 is 0.615 bits per heavy atom. The van der Waals surface area contributed by atoms with Crippen LogP contribution in [0.25, 0.3) is 0 Å². The van der Waals surface area contributed by atoms with Gasteiger partial charge in [-0.05, 0) is 104 Å². The number of carboxylic acid groups (broad SMARTS) is 1. The number of rotatable bonds is 12. The first-order valence-electron chi connectivity index (χ1n) is 27.5. The molecule has 25 nitrogen and oxygen atoms in total. The minimum absolute atomic E-state index is 0.0802. The lowest BCUT2D eigenvalue weighted by Crippen LogP contribution is -2.69. The second-order valence-electron chi connectivity index (χ2n) is 25.7. The standard InChI is InChI=1S/C53H84O25/c1-48(2)13-14-53(47(70)78-45-40(67)41(77-44-39(66)36(63)33(60)25(18-55)74-44)34(61)26(75-45)20-72-42-38(65)35(62)32(59)24(17-54)73-42)22(15-48)21-7-8-27-49(3)11-10-30(76-43-37(64)31(58)23(56)19-71-43)52(6,46(68)69)28(49)9-12-50(27,4)51(21,5)16-29(53)57/h7,22-45,54-67H,8-20H2,1-6H3,(H,68,69)/t22-,23+,24+,25+,26+,27+,28+,29+,30-,31-,32+,33+,34+,35-,36-,37+,38+,39+,40+,41-,42+,43-,44-,45-,49+,50+,51+,52-,53+/m0/s1. The fraction of sp³-hybridized carbons (Fsp3) is 0.925. The Labute approximate surface area is 451 Å². The molecule has 78 heavy (non-hydrogen) atoms.